The van der Waals surface area contributed by atoms with Crippen molar-refractivity contribution in [3.05, 3.63) is 34.3 Å². The van der Waals surface area contributed by atoms with Crippen LogP contribution in [-0.2, 0) is 0 Å². The van der Waals surface area contributed by atoms with Crippen LogP contribution in [0.2, 0.25) is 5.02 Å². The fourth-order valence-corrected chi connectivity index (χ4v) is 1.84. The summed E-state index contributed by atoms with van der Waals surface area (Å²) in [4.78, 5) is 11.4. The minimum Gasteiger partial charge on any atom is -0.345 e. The summed E-state index contributed by atoms with van der Waals surface area (Å²) in [6.45, 7) is 2.05. The summed E-state index contributed by atoms with van der Waals surface area (Å²) >= 11 is 5.80. The molecule has 0 aliphatic carbocycles. The first-order valence-electron chi connectivity index (χ1n) is 4.32. The molecule has 0 fully saturated rings. The fraction of sp³-hybridized carbons (Fsp3) is 0.300. The number of carbonyl (C=O) groups excluding carboxylic acids is 1. The molecule has 1 heterocycles. The molecule has 0 aromatic heterocycles. The smallest absolute Gasteiger partial charge is 0.252 e. The Balaban J connectivity index is 2.52. The number of nitrogens with one attached hydrogen (secondary N) is 1. The third-order valence-corrected chi connectivity index (χ3v) is 2.58. The van der Waals surface area contributed by atoms with E-state index < -0.39 is 0 Å². The van der Waals surface area contributed by atoms with Crippen molar-refractivity contribution in [1.82, 2.24) is 5.32 Å². The van der Waals surface area contributed by atoms with E-state index >= 15 is 0 Å². The van der Waals surface area contributed by atoms with Gasteiger partial charge in [0.15, 0.2) is 0 Å². The topological polar surface area (TPSA) is 29.1 Å². The molecule has 0 saturated heterocycles. The lowest BCUT2D eigenvalue weighted by Crippen LogP contribution is -2.17. The second-order valence-electron chi connectivity index (χ2n) is 3.17. The summed E-state index contributed by atoms with van der Waals surface area (Å²) in [5.74, 6) is -0.00986. The molecule has 0 bridgehead atoms. The van der Waals surface area contributed by atoms with Crippen molar-refractivity contribution in [2.75, 3.05) is 0 Å². The largest absolute Gasteiger partial charge is 0.345 e. The maximum Gasteiger partial charge on any atom is 0.252 e. The van der Waals surface area contributed by atoms with Gasteiger partial charge >= 0.3 is 0 Å². The summed E-state index contributed by atoms with van der Waals surface area (Å²) in [5.41, 5.74) is 1.79. The Hall–Kier alpha value is -1.02. The van der Waals surface area contributed by atoms with Gasteiger partial charge in [0.1, 0.15) is 0 Å². The Bertz CT molecular complexity index is 362. The van der Waals surface area contributed by atoms with Crippen molar-refractivity contribution in [1.29, 1.82) is 0 Å². The fourth-order valence-electron chi connectivity index (χ4n) is 1.66. The molecule has 68 valence electrons. The van der Waals surface area contributed by atoms with Gasteiger partial charge in [-0.1, -0.05) is 24.6 Å². The zero-order valence-corrected chi connectivity index (χ0v) is 8.06. The molecule has 0 unspecified atom stereocenters. The molecule has 0 spiro atoms. The van der Waals surface area contributed by atoms with Crippen LogP contribution >= 0.6 is 11.6 Å². The van der Waals surface area contributed by atoms with Gasteiger partial charge in [0.25, 0.3) is 5.91 Å². The highest BCUT2D eigenvalue weighted by atomic mass is 35.5. The van der Waals surface area contributed by atoms with Crippen molar-refractivity contribution in [3.8, 4) is 0 Å². The van der Waals surface area contributed by atoms with Crippen molar-refractivity contribution in [2.45, 2.75) is 19.4 Å². The average Bonchev–Trinajstić information content (AvgIpc) is 2.43. The number of hydrogen-bond acceptors (Lipinski definition) is 1. The molecule has 13 heavy (non-hydrogen) atoms. The van der Waals surface area contributed by atoms with E-state index in [-0.39, 0.29) is 11.9 Å². The zero-order chi connectivity index (χ0) is 9.42. The van der Waals surface area contributed by atoms with E-state index in [0.717, 1.165) is 17.5 Å². The van der Waals surface area contributed by atoms with E-state index in [0.29, 0.717) is 5.02 Å². The van der Waals surface area contributed by atoms with Gasteiger partial charge in [-0.25, -0.2) is 0 Å². The molecular weight excluding hydrogens is 186 g/mol. The lowest BCUT2D eigenvalue weighted by molar-refractivity contribution is 0.0955. The molecule has 0 radical (unpaired) electrons. The molecule has 1 aliphatic rings. The highest BCUT2D eigenvalue weighted by molar-refractivity contribution is 6.31. The van der Waals surface area contributed by atoms with Gasteiger partial charge < -0.3 is 5.32 Å². The summed E-state index contributed by atoms with van der Waals surface area (Å²) in [6.07, 6.45) is 0.917. The van der Waals surface area contributed by atoms with Gasteiger partial charge in [0.05, 0.1) is 6.04 Å². The molecule has 1 aromatic rings. The lowest BCUT2D eigenvalue weighted by atomic mass is 10.0. The van der Waals surface area contributed by atoms with Crippen LogP contribution in [0.3, 0.4) is 0 Å². The minimum atomic E-state index is -0.00986. The standard InChI is InChI=1S/C10H10ClNO/c1-2-9-7-4-3-6(11)5-8(7)10(13)12-9/h3-5,9H,2H2,1H3,(H,12,13)/t9-/m0/s1. The van der Waals surface area contributed by atoms with E-state index in [1.54, 1.807) is 6.07 Å². The third-order valence-electron chi connectivity index (χ3n) is 2.35. The summed E-state index contributed by atoms with van der Waals surface area (Å²) < 4.78 is 0. The Labute approximate surface area is 81.9 Å². The molecule has 0 saturated carbocycles. The Kier molecular flexibility index (Phi) is 2.00. The van der Waals surface area contributed by atoms with Crippen LogP contribution in [0.5, 0.6) is 0 Å². The Morgan fingerprint density at radius 3 is 3.00 bits per heavy atom. The summed E-state index contributed by atoms with van der Waals surface area (Å²) in [5, 5.41) is 3.51. The molecule has 3 heteroatoms. The van der Waals surface area contributed by atoms with Crippen molar-refractivity contribution >= 4 is 17.5 Å². The molecule has 2 nitrogen and oxygen atoms in total. The molecule has 1 amide bonds. The molecule has 1 N–H and O–H groups in total. The average molecular weight is 196 g/mol. The highest BCUT2D eigenvalue weighted by Gasteiger charge is 2.26. The van der Waals surface area contributed by atoms with Crippen LogP contribution in [-0.4, -0.2) is 5.91 Å². The predicted molar refractivity (Wildman–Crippen MR) is 52.0 cm³/mol. The predicted octanol–water partition coefficient (Wildman–Crippen LogP) is 2.53. The van der Waals surface area contributed by atoms with Gasteiger partial charge in [-0.3, -0.25) is 4.79 Å². The van der Waals surface area contributed by atoms with Crippen molar-refractivity contribution < 1.29 is 4.79 Å². The van der Waals surface area contributed by atoms with Crippen LogP contribution in [0, 0.1) is 0 Å². The SMILES string of the molecule is CC[C@@H]1NC(=O)c2cc(Cl)ccc21. The normalized spacial score (nSPS) is 19.8. The van der Waals surface area contributed by atoms with E-state index in [1.165, 1.54) is 0 Å². The van der Waals surface area contributed by atoms with Crippen LogP contribution in [0.15, 0.2) is 18.2 Å². The summed E-state index contributed by atoms with van der Waals surface area (Å²) in [7, 11) is 0. The summed E-state index contributed by atoms with van der Waals surface area (Å²) in [6, 6.07) is 5.63. The number of carbonyl (C=O) groups is 1. The van der Waals surface area contributed by atoms with Crippen LogP contribution in [0.4, 0.5) is 0 Å². The zero-order valence-electron chi connectivity index (χ0n) is 7.30. The number of hydrogen-bond donors (Lipinski definition) is 1. The Morgan fingerprint density at radius 1 is 1.54 bits per heavy atom. The van der Waals surface area contributed by atoms with E-state index in [9.17, 15) is 4.79 Å². The van der Waals surface area contributed by atoms with E-state index in [4.69, 9.17) is 11.6 Å². The lowest BCUT2D eigenvalue weighted by Gasteiger charge is -2.06. The maximum absolute atomic E-state index is 11.4. The van der Waals surface area contributed by atoms with Crippen LogP contribution < -0.4 is 5.32 Å². The van der Waals surface area contributed by atoms with E-state index in [1.807, 2.05) is 12.1 Å². The monoisotopic (exact) mass is 195 g/mol. The van der Waals surface area contributed by atoms with Gasteiger partial charge in [0.2, 0.25) is 0 Å². The van der Waals surface area contributed by atoms with Gasteiger partial charge in [-0.15, -0.1) is 0 Å². The molecule has 2 rings (SSSR count). The first-order valence-corrected chi connectivity index (χ1v) is 4.70. The second-order valence-corrected chi connectivity index (χ2v) is 3.60. The highest BCUT2D eigenvalue weighted by Crippen LogP contribution is 2.29. The maximum atomic E-state index is 11.4. The van der Waals surface area contributed by atoms with Gasteiger partial charge in [-0.05, 0) is 24.1 Å². The number of fused-ring (bicyclic) bond motifs is 1. The van der Waals surface area contributed by atoms with E-state index in [2.05, 4.69) is 12.2 Å². The first-order chi connectivity index (χ1) is 6.22. The second kappa shape index (κ2) is 3.04. The van der Waals surface area contributed by atoms with Crippen LogP contribution in [0.1, 0.15) is 35.3 Å². The quantitative estimate of drug-likeness (QED) is 0.733. The molecule has 1 aliphatic heterocycles. The number of rotatable bonds is 1. The molecule has 1 atom stereocenters. The van der Waals surface area contributed by atoms with Gasteiger partial charge in [0, 0.05) is 10.6 Å². The molecule has 1 aromatic carbocycles. The van der Waals surface area contributed by atoms with Crippen molar-refractivity contribution in [3.63, 3.8) is 0 Å². The Morgan fingerprint density at radius 2 is 2.31 bits per heavy atom. The van der Waals surface area contributed by atoms with Gasteiger partial charge in [-0.2, -0.15) is 0 Å². The number of amides is 1. The minimum absolute atomic E-state index is 0.00986. The third kappa shape index (κ3) is 1.31. The first kappa shape index (κ1) is 8.57. The number of halogens is 1. The number of benzene rings is 1. The van der Waals surface area contributed by atoms with Crippen molar-refractivity contribution in [2.24, 2.45) is 0 Å². The molecular formula is C10H10ClNO. The van der Waals surface area contributed by atoms with Crippen LogP contribution in [0.25, 0.3) is 0 Å².